The number of halogens is 2. The zero-order valence-corrected chi connectivity index (χ0v) is 16.2. The minimum atomic E-state index is 0.0812. The van der Waals surface area contributed by atoms with E-state index in [1.54, 1.807) is 24.2 Å². The Morgan fingerprint density at radius 3 is 2.54 bits per heavy atom. The molecule has 1 unspecified atom stereocenters. The molecule has 0 aliphatic heterocycles. The Bertz CT molecular complexity index is 685. The fourth-order valence-electron chi connectivity index (χ4n) is 2.58. The molecule has 128 valence electrons. The maximum atomic E-state index is 12.6. The fourth-order valence-corrected chi connectivity index (χ4v) is 4.19. The number of hydrogen-bond acceptors (Lipinski definition) is 3. The highest BCUT2D eigenvalue weighted by atomic mass is 35.5. The second-order valence-electron chi connectivity index (χ2n) is 5.68. The van der Waals surface area contributed by atoms with Crippen LogP contribution in [0.3, 0.4) is 0 Å². The first-order valence-electron chi connectivity index (χ1n) is 8.11. The van der Waals surface area contributed by atoms with Gasteiger partial charge in [0.2, 0.25) is 0 Å². The lowest BCUT2D eigenvalue weighted by Crippen LogP contribution is -2.14. The zero-order valence-electron chi connectivity index (χ0n) is 13.9. The van der Waals surface area contributed by atoms with Crippen molar-refractivity contribution in [2.45, 2.75) is 43.8 Å². The highest BCUT2D eigenvalue weighted by Crippen LogP contribution is 2.35. The number of Topliss-reactive ketones (excluding diaryl/α,β-unsaturated/α-hetero) is 1. The molecule has 5 heteroatoms. The lowest BCUT2D eigenvalue weighted by atomic mass is 9.92. The van der Waals surface area contributed by atoms with E-state index < -0.39 is 0 Å². The summed E-state index contributed by atoms with van der Waals surface area (Å²) in [5.74, 6) is 0.939. The van der Waals surface area contributed by atoms with Gasteiger partial charge in [0.1, 0.15) is 0 Å². The Kier molecular flexibility index (Phi) is 7.60. The minimum absolute atomic E-state index is 0.0812. The molecule has 0 fully saturated rings. The number of pyridine rings is 1. The molecule has 0 bridgehead atoms. The van der Waals surface area contributed by atoms with Crippen LogP contribution in [0.5, 0.6) is 0 Å². The van der Waals surface area contributed by atoms with Crippen molar-refractivity contribution in [3.05, 3.63) is 57.8 Å². The first kappa shape index (κ1) is 19.3. The Hall–Kier alpha value is -1.03. The van der Waals surface area contributed by atoms with Gasteiger partial charge in [-0.25, -0.2) is 0 Å². The summed E-state index contributed by atoms with van der Waals surface area (Å²) in [6.45, 7) is 4.17. The maximum absolute atomic E-state index is 12.6. The van der Waals surface area contributed by atoms with Gasteiger partial charge in [-0.3, -0.25) is 9.78 Å². The second kappa shape index (κ2) is 9.45. The predicted octanol–water partition coefficient (Wildman–Crippen LogP) is 6.69. The first-order chi connectivity index (χ1) is 11.6. The highest BCUT2D eigenvalue weighted by molar-refractivity contribution is 7.98. The molecule has 0 N–H and O–H groups in total. The van der Waals surface area contributed by atoms with E-state index in [-0.39, 0.29) is 11.7 Å². The predicted molar refractivity (Wildman–Crippen MR) is 103 cm³/mol. The minimum Gasteiger partial charge on any atom is -0.294 e. The molecule has 2 aromatic rings. The Morgan fingerprint density at radius 2 is 1.92 bits per heavy atom. The van der Waals surface area contributed by atoms with Gasteiger partial charge >= 0.3 is 0 Å². The number of thioether (sulfide) groups is 1. The van der Waals surface area contributed by atoms with Gasteiger partial charge in [-0.2, -0.15) is 0 Å². The molecular weight excluding hydrogens is 361 g/mol. The summed E-state index contributed by atoms with van der Waals surface area (Å²) in [4.78, 5) is 17.7. The summed E-state index contributed by atoms with van der Waals surface area (Å²) in [5, 5.41) is 1.28. The van der Waals surface area contributed by atoms with Gasteiger partial charge in [-0.1, -0.05) is 49.5 Å². The van der Waals surface area contributed by atoms with Crippen LogP contribution in [0, 0.1) is 5.92 Å². The normalized spacial score (nSPS) is 12.2. The molecule has 0 radical (unpaired) electrons. The number of benzene rings is 1. The van der Waals surface area contributed by atoms with Crippen LogP contribution in [0.2, 0.25) is 10.0 Å². The molecule has 0 aliphatic rings. The number of aromatic nitrogens is 1. The van der Waals surface area contributed by atoms with E-state index in [0.717, 1.165) is 29.7 Å². The number of nitrogens with zero attached hydrogens (tertiary/aromatic N) is 1. The van der Waals surface area contributed by atoms with Crippen LogP contribution in [0.25, 0.3) is 0 Å². The Balaban J connectivity index is 2.12. The highest BCUT2D eigenvalue weighted by Gasteiger charge is 2.18. The topological polar surface area (TPSA) is 30.0 Å². The van der Waals surface area contributed by atoms with Crippen molar-refractivity contribution in [1.82, 2.24) is 4.98 Å². The number of ketones is 1. The standard InChI is InChI=1S/C19H21Cl2NOS/c1-3-6-14(4-2)18(23)15-9-13(10-22-11-15)12-24-19-16(20)7-5-8-17(19)21/h5,7-11,14H,3-4,6,12H2,1-2H3. The average Bonchev–Trinajstić information content (AvgIpc) is 2.59. The molecule has 0 aliphatic carbocycles. The molecule has 1 heterocycles. The van der Waals surface area contributed by atoms with Gasteiger partial charge in [-0.15, -0.1) is 11.8 Å². The number of carbonyl (C=O) groups is 1. The smallest absolute Gasteiger partial charge is 0.167 e. The summed E-state index contributed by atoms with van der Waals surface area (Å²) in [5.41, 5.74) is 1.69. The number of hydrogen-bond donors (Lipinski definition) is 0. The summed E-state index contributed by atoms with van der Waals surface area (Å²) in [6, 6.07) is 7.41. The summed E-state index contributed by atoms with van der Waals surface area (Å²) < 4.78 is 0. The molecule has 24 heavy (non-hydrogen) atoms. The lowest BCUT2D eigenvalue weighted by Gasteiger charge is -2.13. The monoisotopic (exact) mass is 381 g/mol. The van der Waals surface area contributed by atoms with Crippen molar-refractivity contribution in [3.63, 3.8) is 0 Å². The molecule has 0 amide bonds. The van der Waals surface area contributed by atoms with E-state index >= 15 is 0 Å². The third kappa shape index (κ3) is 4.98. The van der Waals surface area contributed by atoms with Crippen LogP contribution < -0.4 is 0 Å². The average molecular weight is 382 g/mol. The quantitative estimate of drug-likeness (QED) is 0.376. The molecule has 1 aromatic heterocycles. The van der Waals surface area contributed by atoms with Crippen molar-refractivity contribution >= 4 is 40.7 Å². The number of rotatable bonds is 8. The molecule has 0 spiro atoms. The van der Waals surface area contributed by atoms with Gasteiger partial charge in [0.15, 0.2) is 5.78 Å². The van der Waals surface area contributed by atoms with Gasteiger partial charge in [0, 0.05) is 34.5 Å². The van der Waals surface area contributed by atoms with Crippen LogP contribution in [0.4, 0.5) is 0 Å². The molecule has 2 nitrogen and oxygen atoms in total. The summed E-state index contributed by atoms with van der Waals surface area (Å²) in [7, 11) is 0. The van der Waals surface area contributed by atoms with Gasteiger partial charge in [0.05, 0.1) is 10.0 Å². The number of carbonyl (C=O) groups excluding carboxylic acids is 1. The SMILES string of the molecule is CCCC(CC)C(=O)c1cncc(CSc2c(Cl)cccc2Cl)c1. The van der Waals surface area contributed by atoms with Crippen molar-refractivity contribution < 1.29 is 4.79 Å². The van der Waals surface area contributed by atoms with E-state index in [2.05, 4.69) is 18.8 Å². The molecule has 2 rings (SSSR count). The van der Waals surface area contributed by atoms with Crippen LogP contribution in [0.15, 0.2) is 41.6 Å². The van der Waals surface area contributed by atoms with Crippen LogP contribution in [-0.2, 0) is 5.75 Å². The van der Waals surface area contributed by atoms with Gasteiger partial charge in [-0.05, 0) is 36.6 Å². The maximum Gasteiger partial charge on any atom is 0.167 e. The largest absolute Gasteiger partial charge is 0.294 e. The molecule has 0 saturated heterocycles. The van der Waals surface area contributed by atoms with E-state index in [1.165, 1.54) is 0 Å². The van der Waals surface area contributed by atoms with Crippen LogP contribution in [0.1, 0.15) is 49.0 Å². The van der Waals surface area contributed by atoms with Crippen molar-refractivity contribution in [1.29, 1.82) is 0 Å². The summed E-state index contributed by atoms with van der Waals surface area (Å²) >= 11 is 14.0. The second-order valence-corrected chi connectivity index (χ2v) is 7.48. The van der Waals surface area contributed by atoms with Crippen molar-refractivity contribution in [2.24, 2.45) is 5.92 Å². The zero-order chi connectivity index (χ0) is 17.5. The molecular formula is C19H21Cl2NOS. The first-order valence-corrected chi connectivity index (χ1v) is 9.85. The third-order valence-corrected chi connectivity index (χ3v) is 5.94. The van der Waals surface area contributed by atoms with E-state index in [0.29, 0.717) is 21.4 Å². The van der Waals surface area contributed by atoms with E-state index in [1.807, 2.05) is 24.3 Å². The van der Waals surface area contributed by atoms with Crippen molar-refractivity contribution in [2.75, 3.05) is 0 Å². The van der Waals surface area contributed by atoms with E-state index in [9.17, 15) is 4.79 Å². The van der Waals surface area contributed by atoms with Gasteiger partial charge in [0.25, 0.3) is 0 Å². The van der Waals surface area contributed by atoms with E-state index in [4.69, 9.17) is 23.2 Å². The fraction of sp³-hybridized carbons (Fsp3) is 0.368. The Morgan fingerprint density at radius 1 is 1.21 bits per heavy atom. The third-order valence-electron chi connectivity index (χ3n) is 3.88. The molecule has 1 aromatic carbocycles. The summed E-state index contributed by atoms with van der Waals surface area (Å²) in [6.07, 6.45) is 6.25. The molecule has 1 atom stereocenters. The van der Waals surface area contributed by atoms with Crippen LogP contribution >= 0.6 is 35.0 Å². The molecule has 0 saturated carbocycles. The van der Waals surface area contributed by atoms with Crippen LogP contribution in [-0.4, -0.2) is 10.8 Å². The lowest BCUT2D eigenvalue weighted by molar-refractivity contribution is 0.0909. The van der Waals surface area contributed by atoms with Gasteiger partial charge < -0.3 is 0 Å². The Labute approximate surface area is 158 Å². The van der Waals surface area contributed by atoms with Crippen molar-refractivity contribution in [3.8, 4) is 0 Å².